The van der Waals surface area contributed by atoms with Crippen LogP contribution in [-0.4, -0.2) is 9.66 Å². The molecule has 3 nitrogen and oxygen atoms in total. The first-order chi connectivity index (χ1) is 6.38. The van der Waals surface area contributed by atoms with Gasteiger partial charge in [0.25, 0.3) is 0 Å². The molecule has 0 N–H and O–H groups in total. The van der Waals surface area contributed by atoms with Gasteiger partial charge in [-0.3, -0.25) is 0 Å². The molecule has 0 spiro atoms. The first kappa shape index (κ1) is 8.13. The third kappa shape index (κ3) is 1.65. The largest absolute Gasteiger partial charge is 0.243 e. The highest BCUT2D eigenvalue weighted by Crippen LogP contribution is 2.15. The molecule has 0 aliphatic carbocycles. The Morgan fingerprint density at radius 1 is 1.23 bits per heavy atom. The first-order valence-electron chi connectivity index (χ1n) is 3.87. The lowest BCUT2D eigenvalue weighted by Crippen LogP contribution is -2.15. The van der Waals surface area contributed by atoms with Crippen LogP contribution in [0.4, 0.5) is 5.69 Å². The highest BCUT2D eigenvalue weighted by molar-refractivity contribution is 6.25. The molecule has 0 saturated carbocycles. The van der Waals surface area contributed by atoms with Gasteiger partial charge in [0.1, 0.15) is 6.33 Å². The van der Waals surface area contributed by atoms with E-state index in [0.717, 1.165) is 5.69 Å². The number of imidazole rings is 1. The number of para-hydroxylation sites is 1. The monoisotopic (exact) mass is 193 g/mol. The maximum absolute atomic E-state index is 6.03. The molecule has 4 heteroatoms. The molecule has 0 unspecified atom stereocenters. The van der Waals surface area contributed by atoms with Gasteiger partial charge in [0.15, 0.2) is 0 Å². The van der Waals surface area contributed by atoms with Crippen molar-refractivity contribution in [3.63, 3.8) is 0 Å². The fourth-order valence-electron chi connectivity index (χ4n) is 1.04. The molecule has 66 valence electrons. The predicted molar refractivity (Wildman–Crippen MR) is 52.4 cm³/mol. The van der Waals surface area contributed by atoms with Gasteiger partial charge >= 0.3 is 0 Å². The maximum atomic E-state index is 6.03. The number of benzene rings is 1. The normalized spacial score (nSPS) is 9.92. The molecule has 2 rings (SSSR count). The van der Waals surface area contributed by atoms with Gasteiger partial charge in [0, 0.05) is 24.2 Å². The molecule has 0 saturated heterocycles. The van der Waals surface area contributed by atoms with Gasteiger partial charge in [-0.15, -0.1) is 0 Å². The van der Waals surface area contributed by atoms with Crippen molar-refractivity contribution in [2.75, 3.05) is 4.53 Å². The van der Waals surface area contributed by atoms with E-state index < -0.39 is 0 Å². The van der Waals surface area contributed by atoms with Gasteiger partial charge in [-0.2, -0.15) is 4.53 Å². The van der Waals surface area contributed by atoms with E-state index in [2.05, 4.69) is 4.98 Å². The minimum atomic E-state index is 0.905. The van der Waals surface area contributed by atoms with Gasteiger partial charge in [0.05, 0.1) is 5.69 Å². The van der Waals surface area contributed by atoms with Crippen molar-refractivity contribution in [1.82, 2.24) is 9.66 Å². The van der Waals surface area contributed by atoms with Gasteiger partial charge < -0.3 is 0 Å². The van der Waals surface area contributed by atoms with Crippen LogP contribution in [0.5, 0.6) is 0 Å². The second kappa shape index (κ2) is 3.49. The lowest BCUT2D eigenvalue weighted by molar-refractivity contribution is 0.865. The summed E-state index contributed by atoms with van der Waals surface area (Å²) in [6, 6.07) is 9.66. The molecular weight excluding hydrogens is 186 g/mol. The van der Waals surface area contributed by atoms with Crippen LogP contribution in [0.15, 0.2) is 49.1 Å². The standard InChI is InChI=1S/C9H8ClN3/c10-13(12-7-6-11-8-12)9-4-2-1-3-5-9/h1-8H. The second-order valence-corrected chi connectivity index (χ2v) is 2.86. The summed E-state index contributed by atoms with van der Waals surface area (Å²) < 4.78 is 3.18. The third-order valence-electron chi connectivity index (χ3n) is 1.66. The number of hydrogen-bond donors (Lipinski definition) is 0. The zero-order chi connectivity index (χ0) is 9.10. The molecule has 2 aromatic rings. The molecule has 0 aliphatic heterocycles. The summed E-state index contributed by atoms with van der Waals surface area (Å²) in [5.74, 6) is 0. The van der Waals surface area contributed by atoms with Gasteiger partial charge in [-0.05, 0) is 12.1 Å². The van der Waals surface area contributed by atoms with Crippen LogP contribution in [-0.2, 0) is 0 Å². The number of anilines is 1. The Bertz CT molecular complexity index is 358. The van der Waals surface area contributed by atoms with Crippen LogP contribution in [0.25, 0.3) is 0 Å². The zero-order valence-electron chi connectivity index (χ0n) is 6.84. The average molecular weight is 194 g/mol. The van der Waals surface area contributed by atoms with Crippen LogP contribution in [0.2, 0.25) is 0 Å². The molecule has 13 heavy (non-hydrogen) atoms. The van der Waals surface area contributed by atoms with Crippen molar-refractivity contribution in [2.24, 2.45) is 0 Å². The van der Waals surface area contributed by atoms with E-state index in [0.29, 0.717) is 0 Å². The van der Waals surface area contributed by atoms with Crippen LogP contribution >= 0.6 is 11.8 Å². The number of rotatable bonds is 2. The molecule has 0 fully saturated rings. The van der Waals surface area contributed by atoms with E-state index in [9.17, 15) is 0 Å². The van der Waals surface area contributed by atoms with E-state index in [1.54, 1.807) is 23.4 Å². The van der Waals surface area contributed by atoms with Crippen molar-refractivity contribution in [3.8, 4) is 0 Å². The molecule has 1 aromatic heterocycles. The van der Waals surface area contributed by atoms with Gasteiger partial charge in [0.2, 0.25) is 0 Å². The van der Waals surface area contributed by atoms with Crippen molar-refractivity contribution in [3.05, 3.63) is 49.1 Å². The fraction of sp³-hybridized carbons (Fsp3) is 0. The molecule has 1 aromatic carbocycles. The average Bonchev–Trinajstić information content (AvgIpc) is 2.71. The Hall–Kier alpha value is -1.48. The Morgan fingerprint density at radius 3 is 2.62 bits per heavy atom. The molecular formula is C9H8ClN3. The minimum absolute atomic E-state index is 0.905. The van der Waals surface area contributed by atoms with Gasteiger partial charge in [-0.1, -0.05) is 18.2 Å². The number of aromatic nitrogens is 2. The van der Waals surface area contributed by atoms with E-state index >= 15 is 0 Å². The molecule has 0 radical (unpaired) electrons. The maximum Gasteiger partial charge on any atom is 0.116 e. The predicted octanol–water partition coefficient (Wildman–Crippen LogP) is 2.31. The van der Waals surface area contributed by atoms with E-state index in [-0.39, 0.29) is 0 Å². The molecule has 0 aliphatic rings. The van der Waals surface area contributed by atoms with Crippen LogP contribution < -0.4 is 4.53 Å². The Kier molecular flexibility index (Phi) is 2.19. The van der Waals surface area contributed by atoms with Gasteiger partial charge in [-0.25, -0.2) is 9.66 Å². The van der Waals surface area contributed by atoms with Crippen LogP contribution in [0.3, 0.4) is 0 Å². The fourth-order valence-corrected chi connectivity index (χ4v) is 1.24. The van der Waals surface area contributed by atoms with E-state index in [1.807, 2.05) is 30.3 Å². The highest BCUT2D eigenvalue weighted by Gasteiger charge is 2.02. The van der Waals surface area contributed by atoms with E-state index in [1.165, 1.54) is 4.53 Å². The van der Waals surface area contributed by atoms with Crippen LogP contribution in [0.1, 0.15) is 0 Å². The highest BCUT2D eigenvalue weighted by atomic mass is 35.5. The molecule has 0 atom stereocenters. The lowest BCUT2D eigenvalue weighted by atomic mass is 10.3. The Labute approximate surface area is 81.3 Å². The molecule has 0 amide bonds. The third-order valence-corrected chi connectivity index (χ3v) is 2.03. The van der Waals surface area contributed by atoms with Crippen LogP contribution in [0, 0.1) is 0 Å². The van der Waals surface area contributed by atoms with Crippen molar-refractivity contribution >= 4 is 17.5 Å². The summed E-state index contributed by atoms with van der Waals surface area (Å²) in [4.78, 5) is 3.91. The Balaban J connectivity index is 2.29. The number of nitrogens with zero attached hydrogens (tertiary/aromatic N) is 3. The second-order valence-electron chi connectivity index (χ2n) is 2.54. The summed E-state index contributed by atoms with van der Waals surface area (Å²) in [5.41, 5.74) is 0.905. The minimum Gasteiger partial charge on any atom is -0.243 e. The lowest BCUT2D eigenvalue weighted by Gasteiger charge is -2.15. The summed E-state index contributed by atoms with van der Waals surface area (Å²) >= 11 is 6.03. The molecule has 0 bridgehead atoms. The summed E-state index contributed by atoms with van der Waals surface area (Å²) in [7, 11) is 0. The van der Waals surface area contributed by atoms with Crippen molar-refractivity contribution < 1.29 is 0 Å². The smallest absolute Gasteiger partial charge is 0.116 e. The number of hydrogen-bond acceptors (Lipinski definition) is 2. The zero-order valence-corrected chi connectivity index (χ0v) is 7.59. The Morgan fingerprint density at radius 2 is 2.00 bits per heavy atom. The SMILES string of the molecule is ClN(c1ccccc1)n1ccnc1. The first-order valence-corrected chi connectivity index (χ1v) is 4.21. The van der Waals surface area contributed by atoms with E-state index in [4.69, 9.17) is 11.8 Å². The number of halogens is 1. The summed E-state index contributed by atoms with van der Waals surface area (Å²) in [5, 5.41) is 0. The topological polar surface area (TPSA) is 21.1 Å². The van der Waals surface area contributed by atoms with Crippen molar-refractivity contribution in [1.29, 1.82) is 0 Å². The van der Waals surface area contributed by atoms with Crippen molar-refractivity contribution in [2.45, 2.75) is 0 Å². The summed E-state index contributed by atoms with van der Waals surface area (Å²) in [6.07, 6.45) is 5.10. The quantitative estimate of drug-likeness (QED) is 0.683. The molecule has 1 heterocycles. The summed E-state index contributed by atoms with van der Waals surface area (Å²) in [6.45, 7) is 0.